The molecular formula is C9H10F3NO3S. The number of nitrogens with one attached hydrogen (secondary N) is 1. The van der Waals surface area contributed by atoms with E-state index in [9.17, 15) is 21.6 Å². The summed E-state index contributed by atoms with van der Waals surface area (Å²) >= 11 is 0. The maximum Gasteiger partial charge on any atom is 0.251 e. The molecular weight excluding hydrogens is 259 g/mol. The highest BCUT2D eigenvalue weighted by Crippen LogP contribution is 2.16. The molecule has 2 N–H and O–H groups in total. The molecule has 1 aromatic rings. The molecule has 0 atom stereocenters. The van der Waals surface area contributed by atoms with Gasteiger partial charge in [-0.2, -0.15) is 0 Å². The Morgan fingerprint density at radius 1 is 1.35 bits per heavy atom. The van der Waals surface area contributed by atoms with Gasteiger partial charge in [-0.3, -0.25) is 0 Å². The van der Waals surface area contributed by atoms with Crippen molar-refractivity contribution < 1.29 is 26.7 Å². The molecule has 0 saturated heterocycles. The van der Waals surface area contributed by atoms with Crippen LogP contribution in [0.3, 0.4) is 0 Å². The molecule has 0 aliphatic rings. The summed E-state index contributed by atoms with van der Waals surface area (Å²) in [6.07, 6.45) is -2.87. The van der Waals surface area contributed by atoms with Crippen LogP contribution in [-0.2, 0) is 16.6 Å². The zero-order chi connectivity index (χ0) is 13.1. The van der Waals surface area contributed by atoms with Gasteiger partial charge >= 0.3 is 0 Å². The average molecular weight is 269 g/mol. The van der Waals surface area contributed by atoms with Crippen molar-refractivity contribution in [3.05, 3.63) is 29.6 Å². The Morgan fingerprint density at radius 2 is 2.00 bits per heavy atom. The highest BCUT2D eigenvalue weighted by Gasteiger charge is 2.20. The van der Waals surface area contributed by atoms with Crippen LogP contribution in [0.25, 0.3) is 0 Å². The summed E-state index contributed by atoms with van der Waals surface area (Å²) in [5, 5.41) is 8.78. The van der Waals surface area contributed by atoms with E-state index < -0.39 is 40.3 Å². The van der Waals surface area contributed by atoms with Gasteiger partial charge in [0.15, 0.2) is 0 Å². The first kappa shape index (κ1) is 13.9. The second-order valence-corrected chi connectivity index (χ2v) is 4.90. The molecule has 0 amide bonds. The van der Waals surface area contributed by atoms with E-state index in [0.29, 0.717) is 0 Å². The van der Waals surface area contributed by atoms with Crippen molar-refractivity contribution in [3.8, 4) is 0 Å². The number of sulfonamides is 1. The van der Waals surface area contributed by atoms with Crippen molar-refractivity contribution in [1.82, 2.24) is 4.72 Å². The third-order valence-corrected chi connectivity index (χ3v) is 3.33. The Balaban J connectivity index is 3.05. The highest BCUT2D eigenvalue weighted by molar-refractivity contribution is 7.89. The van der Waals surface area contributed by atoms with Gasteiger partial charge < -0.3 is 5.11 Å². The molecule has 0 fully saturated rings. The third kappa shape index (κ3) is 3.69. The Kier molecular flexibility index (Phi) is 4.49. The molecule has 0 aromatic heterocycles. The zero-order valence-electron chi connectivity index (χ0n) is 8.53. The van der Waals surface area contributed by atoms with Gasteiger partial charge in [0.2, 0.25) is 10.0 Å². The monoisotopic (exact) mass is 269 g/mol. The van der Waals surface area contributed by atoms with E-state index in [1.807, 2.05) is 0 Å². The predicted molar refractivity (Wildman–Crippen MR) is 53.5 cm³/mol. The summed E-state index contributed by atoms with van der Waals surface area (Å²) in [5.74, 6) is -1.07. The second kappa shape index (κ2) is 5.48. The van der Waals surface area contributed by atoms with Gasteiger partial charge in [0.1, 0.15) is 10.7 Å². The van der Waals surface area contributed by atoms with Crippen LogP contribution in [0, 0.1) is 5.82 Å². The van der Waals surface area contributed by atoms with Crippen LogP contribution in [0.2, 0.25) is 0 Å². The van der Waals surface area contributed by atoms with Crippen LogP contribution in [0.4, 0.5) is 13.2 Å². The van der Waals surface area contributed by atoms with Crippen LogP contribution in [0.15, 0.2) is 23.1 Å². The lowest BCUT2D eigenvalue weighted by Gasteiger charge is -2.08. The fraction of sp³-hybridized carbons (Fsp3) is 0.333. The number of rotatable bonds is 5. The van der Waals surface area contributed by atoms with Gasteiger partial charge in [-0.1, -0.05) is 6.07 Å². The standard InChI is InChI=1S/C9H10F3NO3S/c10-7-2-1-6(5-14)3-8(7)17(15,16)13-4-9(11)12/h1-3,9,13-14H,4-5H2. The second-order valence-electron chi connectivity index (χ2n) is 3.17. The normalized spacial score (nSPS) is 12.1. The van der Waals surface area contributed by atoms with Gasteiger partial charge in [0, 0.05) is 0 Å². The predicted octanol–water partition coefficient (Wildman–Crippen LogP) is 0.861. The van der Waals surface area contributed by atoms with Crippen LogP contribution < -0.4 is 4.72 Å². The van der Waals surface area contributed by atoms with E-state index in [-0.39, 0.29) is 5.56 Å². The molecule has 0 bridgehead atoms. The lowest BCUT2D eigenvalue weighted by molar-refractivity contribution is 0.153. The zero-order valence-corrected chi connectivity index (χ0v) is 9.35. The molecule has 0 aliphatic heterocycles. The van der Waals surface area contributed by atoms with Gasteiger partial charge in [-0.05, 0) is 17.7 Å². The lowest BCUT2D eigenvalue weighted by Crippen LogP contribution is -2.29. The number of alkyl halides is 2. The Bertz CT molecular complexity index is 490. The van der Waals surface area contributed by atoms with E-state index in [4.69, 9.17) is 5.11 Å². The molecule has 1 aromatic carbocycles. The third-order valence-electron chi connectivity index (χ3n) is 1.90. The Morgan fingerprint density at radius 3 is 2.53 bits per heavy atom. The summed E-state index contributed by atoms with van der Waals surface area (Å²) in [6.45, 7) is -1.57. The molecule has 0 saturated carbocycles. The molecule has 4 nitrogen and oxygen atoms in total. The van der Waals surface area contributed by atoms with Crippen LogP contribution >= 0.6 is 0 Å². The number of aliphatic hydroxyl groups excluding tert-OH is 1. The van der Waals surface area contributed by atoms with Crippen molar-refractivity contribution in [3.63, 3.8) is 0 Å². The number of hydrogen-bond acceptors (Lipinski definition) is 3. The Hall–Kier alpha value is -1.12. The minimum atomic E-state index is -4.33. The first-order valence-corrected chi connectivity index (χ1v) is 6.02. The molecule has 0 unspecified atom stereocenters. The minimum absolute atomic E-state index is 0.170. The largest absolute Gasteiger partial charge is 0.392 e. The van der Waals surface area contributed by atoms with E-state index in [2.05, 4.69) is 0 Å². The molecule has 0 radical (unpaired) electrons. The first-order valence-electron chi connectivity index (χ1n) is 4.54. The SMILES string of the molecule is O=S(=O)(NCC(F)F)c1cc(CO)ccc1F. The molecule has 1 rings (SSSR count). The molecule has 96 valence electrons. The summed E-state index contributed by atoms with van der Waals surface area (Å²) in [4.78, 5) is -0.760. The average Bonchev–Trinajstić information content (AvgIpc) is 2.27. The molecule has 8 heteroatoms. The lowest BCUT2D eigenvalue weighted by atomic mass is 10.2. The fourth-order valence-corrected chi connectivity index (χ4v) is 2.23. The van der Waals surface area contributed by atoms with Gasteiger partial charge in [0.25, 0.3) is 6.43 Å². The van der Waals surface area contributed by atoms with Crippen molar-refractivity contribution in [2.45, 2.75) is 17.9 Å². The van der Waals surface area contributed by atoms with Crippen LogP contribution in [0.1, 0.15) is 5.56 Å². The Labute approximate surface area is 96.1 Å². The summed E-state index contributed by atoms with van der Waals surface area (Å²) in [6, 6.07) is 2.94. The van der Waals surface area contributed by atoms with E-state index in [1.54, 1.807) is 4.72 Å². The fourth-order valence-electron chi connectivity index (χ4n) is 1.10. The van der Waals surface area contributed by atoms with Crippen molar-refractivity contribution in [1.29, 1.82) is 0 Å². The maximum absolute atomic E-state index is 13.2. The maximum atomic E-state index is 13.2. The quantitative estimate of drug-likeness (QED) is 0.833. The van der Waals surface area contributed by atoms with E-state index >= 15 is 0 Å². The van der Waals surface area contributed by atoms with Gasteiger partial charge in [-0.25, -0.2) is 26.3 Å². The number of benzene rings is 1. The van der Waals surface area contributed by atoms with Crippen molar-refractivity contribution in [2.75, 3.05) is 6.54 Å². The number of aliphatic hydroxyl groups is 1. The summed E-state index contributed by atoms with van der Waals surface area (Å²) in [5.41, 5.74) is 0.170. The molecule has 0 spiro atoms. The first-order chi connectivity index (χ1) is 7.86. The molecule has 0 aliphatic carbocycles. The van der Waals surface area contributed by atoms with Crippen LogP contribution in [0.5, 0.6) is 0 Å². The topological polar surface area (TPSA) is 66.4 Å². The van der Waals surface area contributed by atoms with Gasteiger partial charge in [0.05, 0.1) is 13.2 Å². The van der Waals surface area contributed by atoms with E-state index in [0.717, 1.165) is 12.1 Å². The van der Waals surface area contributed by atoms with Gasteiger partial charge in [-0.15, -0.1) is 0 Å². The van der Waals surface area contributed by atoms with Crippen LogP contribution in [-0.4, -0.2) is 26.5 Å². The minimum Gasteiger partial charge on any atom is -0.392 e. The number of halogens is 3. The number of hydrogen-bond donors (Lipinski definition) is 2. The summed E-state index contributed by atoms with van der Waals surface area (Å²) < 4.78 is 61.5. The summed E-state index contributed by atoms with van der Waals surface area (Å²) in [7, 11) is -4.33. The van der Waals surface area contributed by atoms with Crippen molar-refractivity contribution >= 4 is 10.0 Å². The molecule has 0 heterocycles. The highest BCUT2D eigenvalue weighted by atomic mass is 32.2. The smallest absolute Gasteiger partial charge is 0.251 e. The van der Waals surface area contributed by atoms with E-state index in [1.165, 1.54) is 6.07 Å². The molecule has 17 heavy (non-hydrogen) atoms. The van der Waals surface area contributed by atoms with Crippen molar-refractivity contribution in [2.24, 2.45) is 0 Å².